The van der Waals surface area contributed by atoms with Crippen LogP contribution in [0, 0.1) is 13.8 Å². The Labute approximate surface area is 149 Å². The van der Waals surface area contributed by atoms with E-state index in [1.54, 1.807) is 0 Å². The summed E-state index contributed by atoms with van der Waals surface area (Å²) in [7, 11) is 0. The molecule has 0 aliphatic heterocycles. The van der Waals surface area contributed by atoms with Crippen molar-refractivity contribution in [3.05, 3.63) is 35.4 Å². The molecule has 2 rings (SSSR count). The first-order chi connectivity index (χ1) is 10.7. The van der Waals surface area contributed by atoms with Gasteiger partial charge in [0.15, 0.2) is 0 Å². The molecule has 2 nitrogen and oxygen atoms in total. The van der Waals surface area contributed by atoms with Crippen molar-refractivity contribution in [1.82, 2.24) is 0 Å². The highest BCUT2D eigenvalue weighted by atomic mass is 79.9. The summed E-state index contributed by atoms with van der Waals surface area (Å²) in [4.78, 5) is 0. The van der Waals surface area contributed by atoms with E-state index in [0.29, 0.717) is 0 Å². The smallest absolute Gasteiger partial charge is 0.122 e. The summed E-state index contributed by atoms with van der Waals surface area (Å²) in [5, 5.41) is 4.41. The fourth-order valence-electron chi connectivity index (χ4n) is 2.45. The average molecular weight is 430 g/mol. The average Bonchev–Trinajstić information content (AvgIpc) is 2.52. The number of hydrogen-bond acceptors (Lipinski definition) is 2. The van der Waals surface area contributed by atoms with Crippen LogP contribution in [0.15, 0.2) is 24.3 Å². The van der Waals surface area contributed by atoms with Crippen LogP contribution in [0.3, 0.4) is 0 Å². The highest BCUT2D eigenvalue weighted by molar-refractivity contribution is 9.09. The molecule has 0 spiro atoms. The number of halogens is 2. The third-order valence-electron chi connectivity index (χ3n) is 3.71. The van der Waals surface area contributed by atoms with E-state index in [0.717, 1.165) is 48.2 Å². The van der Waals surface area contributed by atoms with Crippen LogP contribution in [0.4, 0.5) is 0 Å². The molecule has 0 radical (unpaired) electrons. The lowest BCUT2D eigenvalue weighted by Crippen LogP contribution is -2.01. The normalized spacial score (nSPS) is 10.9. The highest BCUT2D eigenvalue weighted by Crippen LogP contribution is 2.33. The lowest BCUT2D eigenvalue weighted by atomic mass is 10.00. The van der Waals surface area contributed by atoms with Gasteiger partial charge in [0, 0.05) is 10.7 Å². The van der Waals surface area contributed by atoms with Gasteiger partial charge in [-0.3, -0.25) is 0 Å². The Kier molecular flexibility index (Phi) is 7.03. The summed E-state index contributed by atoms with van der Waals surface area (Å²) in [6.45, 7) is 5.72. The summed E-state index contributed by atoms with van der Waals surface area (Å²) < 4.78 is 11.7. The van der Waals surface area contributed by atoms with Crippen LogP contribution in [0.2, 0.25) is 0 Å². The molecule has 0 amide bonds. The van der Waals surface area contributed by atoms with Crippen molar-refractivity contribution < 1.29 is 9.47 Å². The Morgan fingerprint density at radius 3 is 1.50 bits per heavy atom. The van der Waals surface area contributed by atoms with Gasteiger partial charge in [0.2, 0.25) is 0 Å². The summed E-state index contributed by atoms with van der Waals surface area (Å²) in [5.41, 5.74) is 2.39. The Morgan fingerprint density at radius 1 is 0.727 bits per heavy atom. The van der Waals surface area contributed by atoms with Crippen LogP contribution in [-0.4, -0.2) is 23.9 Å². The maximum absolute atomic E-state index is 5.87. The van der Waals surface area contributed by atoms with Crippen molar-refractivity contribution in [2.45, 2.75) is 26.7 Å². The zero-order chi connectivity index (χ0) is 15.9. The number of fused-ring (bicyclic) bond motifs is 1. The van der Waals surface area contributed by atoms with Crippen molar-refractivity contribution in [2.24, 2.45) is 0 Å². The minimum absolute atomic E-state index is 0.740. The van der Waals surface area contributed by atoms with Crippen LogP contribution in [-0.2, 0) is 0 Å². The lowest BCUT2D eigenvalue weighted by Gasteiger charge is -2.15. The van der Waals surface area contributed by atoms with Gasteiger partial charge in [0.25, 0.3) is 0 Å². The molecular formula is C18H22Br2O2. The number of benzene rings is 2. The monoisotopic (exact) mass is 428 g/mol. The number of rotatable bonds is 8. The second-order valence-electron chi connectivity index (χ2n) is 5.25. The summed E-state index contributed by atoms with van der Waals surface area (Å²) in [6.07, 6.45) is 2.02. The predicted octanol–water partition coefficient (Wildman–Crippen LogP) is 5.78. The van der Waals surface area contributed by atoms with Gasteiger partial charge in [-0.05, 0) is 60.7 Å². The van der Waals surface area contributed by atoms with Crippen molar-refractivity contribution >= 4 is 42.6 Å². The van der Waals surface area contributed by atoms with E-state index in [9.17, 15) is 0 Å². The number of aryl methyl sites for hydroxylation is 2. The van der Waals surface area contributed by atoms with Crippen LogP contribution >= 0.6 is 31.9 Å². The molecule has 0 aliphatic carbocycles. The van der Waals surface area contributed by atoms with E-state index >= 15 is 0 Å². The van der Waals surface area contributed by atoms with E-state index in [1.165, 1.54) is 21.9 Å². The molecule has 0 aromatic heterocycles. The van der Waals surface area contributed by atoms with Crippen LogP contribution in [0.25, 0.3) is 10.8 Å². The molecule has 0 atom stereocenters. The second kappa shape index (κ2) is 8.78. The Balaban J connectivity index is 2.26. The topological polar surface area (TPSA) is 18.5 Å². The molecular weight excluding hydrogens is 408 g/mol. The maximum Gasteiger partial charge on any atom is 0.122 e. The van der Waals surface area contributed by atoms with Crippen LogP contribution in [0.5, 0.6) is 11.5 Å². The Bertz CT molecular complexity index is 571. The molecule has 0 bridgehead atoms. The van der Waals surface area contributed by atoms with Crippen molar-refractivity contribution in [3.63, 3.8) is 0 Å². The highest BCUT2D eigenvalue weighted by Gasteiger charge is 2.10. The van der Waals surface area contributed by atoms with Gasteiger partial charge in [-0.2, -0.15) is 0 Å². The van der Waals surface area contributed by atoms with Gasteiger partial charge in [-0.15, -0.1) is 0 Å². The quantitative estimate of drug-likeness (QED) is 0.390. The first-order valence-corrected chi connectivity index (χ1v) is 9.83. The maximum atomic E-state index is 5.87. The lowest BCUT2D eigenvalue weighted by molar-refractivity contribution is 0.316. The van der Waals surface area contributed by atoms with E-state index < -0.39 is 0 Å². The van der Waals surface area contributed by atoms with Gasteiger partial charge < -0.3 is 9.47 Å². The summed E-state index contributed by atoms with van der Waals surface area (Å²) in [5.74, 6) is 1.95. The molecule has 0 N–H and O–H groups in total. The van der Waals surface area contributed by atoms with Gasteiger partial charge >= 0.3 is 0 Å². The largest absolute Gasteiger partial charge is 0.493 e. The Hall–Kier alpha value is -0.740. The van der Waals surface area contributed by atoms with Crippen molar-refractivity contribution in [2.75, 3.05) is 23.9 Å². The summed E-state index contributed by atoms with van der Waals surface area (Å²) >= 11 is 6.86. The zero-order valence-corrected chi connectivity index (χ0v) is 16.3. The summed E-state index contributed by atoms with van der Waals surface area (Å²) in [6, 6.07) is 8.42. The number of alkyl halides is 2. The molecule has 0 fully saturated rings. The zero-order valence-electron chi connectivity index (χ0n) is 13.1. The van der Waals surface area contributed by atoms with E-state index in [4.69, 9.17) is 9.47 Å². The van der Waals surface area contributed by atoms with E-state index in [-0.39, 0.29) is 0 Å². The fraction of sp³-hybridized carbons (Fsp3) is 0.444. The molecule has 0 unspecified atom stereocenters. The van der Waals surface area contributed by atoms with Crippen LogP contribution < -0.4 is 9.47 Å². The van der Waals surface area contributed by atoms with E-state index in [1.807, 2.05) is 0 Å². The molecule has 0 heterocycles. The minimum Gasteiger partial charge on any atom is -0.493 e. The molecule has 0 saturated carbocycles. The van der Waals surface area contributed by atoms with Gasteiger partial charge in [-0.1, -0.05) is 44.0 Å². The molecule has 0 saturated heterocycles. The first kappa shape index (κ1) is 17.6. The number of ether oxygens (including phenoxy) is 2. The molecule has 4 heteroatoms. The van der Waals surface area contributed by atoms with Gasteiger partial charge in [0.1, 0.15) is 11.5 Å². The molecule has 2 aromatic carbocycles. The van der Waals surface area contributed by atoms with Crippen LogP contribution in [0.1, 0.15) is 24.0 Å². The minimum atomic E-state index is 0.740. The fourth-order valence-corrected chi connectivity index (χ4v) is 2.91. The SMILES string of the molecule is Cc1c(OCCCBr)ccc2c(C)c(OCCCBr)ccc12. The third kappa shape index (κ3) is 4.17. The number of hydrogen-bond donors (Lipinski definition) is 0. The van der Waals surface area contributed by atoms with Crippen molar-refractivity contribution in [3.8, 4) is 11.5 Å². The van der Waals surface area contributed by atoms with Gasteiger partial charge in [-0.25, -0.2) is 0 Å². The van der Waals surface area contributed by atoms with Gasteiger partial charge in [0.05, 0.1) is 13.2 Å². The van der Waals surface area contributed by atoms with E-state index in [2.05, 4.69) is 70.0 Å². The first-order valence-electron chi connectivity index (χ1n) is 7.59. The molecule has 0 aliphatic rings. The predicted molar refractivity (Wildman–Crippen MR) is 101 cm³/mol. The standard InChI is InChI=1S/C18H22Br2O2/c1-13-15-5-8-18(22-12-4-10-20)14(2)16(15)6-7-17(13)21-11-3-9-19/h5-8H,3-4,9-12H2,1-2H3. The molecule has 2 aromatic rings. The third-order valence-corrected chi connectivity index (χ3v) is 4.83. The molecule has 120 valence electrons. The second-order valence-corrected chi connectivity index (χ2v) is 6.84. The molecule has 22 heavy (non-hydrogen) atoms. The Morgan fingerprint density at radius 2 is 1.14 bits per heavy atom. The van der Waals surface area contributed by atoms with Crippen molar-refractivity contribution in [1.29, 1.82) is 0 Å².